The van der Waals surface area contributed by atoms with Crippen molar-refractivity contribution in [2.75, 3.05) is 6.61 Å². The van der Waals surface area contributed by atoms with E-state index in [-0.39, 0.29) is 30.3 Å². The Bertz CT molecular complexity index is 521. The van der Waals surface area contributed by atoms with Crippen molar-refractivity contribution in [3.8, 4) is 5.75 Å². The lowest BCUT2D eigenvalue weighted by atomic mass is 9.82. The van der Waals surface area contributed by atoms with E-state index in [9.17, 15) is 22.4 Å². The maximum Gasteiger partial charge on any atom is 0.416 e. The van der Waals surface area contributed by atoms with E-state index in [0.717, 1.165) is 12.1 Å². The Balaban J connectivity index is 1.92. The summed E-state index contributed by atoms with van der Waals surface area (Å²) in [6, 6.07) is 2.12. The van der Waals surface area contributed by atoms with Gasteiger partial charge in [-0.15, -0.1) is 0 Å². The zero-order valence-electron chi connectivity index (χ0n) is 11.2. The summed E-state index contributed by atoms with van der Waals surface area (Å²) >= 11 is 0. The fraction of sp³-hybridized carbons (Fsp3) is 0.500. The third-order valence-corrected chi connectivity index (χ3v) is 3.27. The summed E-state index contributed by atoms with van der Waals surface area (Å²) in [5, 5.41) is 0. The molecule has 116 valence electrons. The quantitative estimate of drug-likeness (QED) is 0.630. The van der Waals surface area contributed by atoms with Crippen LogP contribution in [0.3, 0.4) is 0 Å². The zero-order chi connectivity index (χ0) is 15.6. The number of alkyl halides is 3. The molecule has 1 aliphatic carbocycles. The molecule has 0 aliphatic heterocycles. The first kappa shape index (κ1) is 15.6. The summed E-state index contributed by atoms with van der Waals surface area (Å²) in [6.07, 6.45) is -4.23. The average Bonchev–Trinajstić information content (AvgIpc) is 2.33. The molecule has 1 aromatic rings. The molecule has 1 fully saturated rings. The van der Waals surface area contributed by atoms with Crippen molar-refractivity contribution in [1.82, 2.24) is 0 Å². The van der Waals surface area contributed by atoms with E-state index in [1.807, 2.05) is 0 Å². The van der Waals surface area contributed by atoms with Gasteiger partial charge in [0.15, 0.2) is 11.6 Å². The summed E-state index contributed by atoms with van der Waals surface area (Å²) in [4.78, 5) is 11.4. The van der Waals surface area contributed by atoms with Gasteiger partial charge in [0, 0.05) is 0 Å². The Morgan fingerprint density at radius 2 is 2.00 bits per heavy atom. The van der Waals surface area contributed by atoms with Gasteiger partial charge in [-0.25, -0.2) is 4.39 Å². The number of esters is 1. The summed E-state index contributed by atoms with van der Waals surface area (Å²) in [7, 11) is 0. The molecule has 0 N–H and O–H groups in total. The molecule has 0 spiro atoms. The van der Waals surface area contributed by atoms with Crippen molar-refractivity contribution in [2.45, 2.75) is 32.0 Å². The van der Waals surface area contributed by atoms with E-state index in [1.54, 1.807) is 6.92 Å². The minimum absolute atomic E-state index is 0.240. The Morgan fingerprint density at radius 1 is 1.33 bits per heavy atom. The molecule has 0 amide bonds. The molecular formula is C14H14F4O3. The van der Waals surface area contributed by atoms with Crippen LogP contribution < -0.4 is 4.74 Å². The Kier molecular flexibility index (Phi) is 4.39. The predicted octanol–water partition coefficient (Wildman–Crippen LogP) is 3.57. The van der Waals surface area contributed by atoms with Crippen LogP contribution in [0.2, 0.25) is 0 Å². The molecule has 1 aliphatic rings. The Labute approximate surface area is 118 Å². The first-order valence-electron chi connectivity index (χ1n) is 6.51. The lowest BCUT2D eigenvalue weighted by molar-refractivity contribution is -0.154. The molecule has 1 aromatic carbocycles. The molecule has 21 heavy (non-hydrogen) atoms. The second-order valence-corrected chi connectivity index (χ2v) is 4.80. The van der Waals surface area contributed by atoms with E-state index in [0.29, 0.717) is 18.9 Å². The van der Waals surface area contributed by atoms with Crippen LogP contribution in [0.25, 0.3) is 0 Å². The van der Waals surface area contributed by atoms with Crippen LogP contribution in [0, 0.1) is 11.7 Å². The number of hydrogen-bond donors (Lipinski definition) is 0. The molecular weight excluding hydrogens is 292 g/mol. The molecule has 0 saturated heterocycles. The van der Waals surface area contributed by atoms with Crippen molar-refractivity contribution in [3.05, 3.63) is 29.6 Å². The van der Waals surface area contributed by atoms with Crippen LogP contribution in [0.4, 0.5) is 17.6 Å². The van der Waals surface area contributed by atoms with Gasteiger partial charge in [0.1, 0.15) is 6.10 Å². The van der Waals surface area contributed by atoms with Crippen LogP contribution in [0.5, 0.6) is 5.75 Å². The van der Waals surface area contributed by atoms with Gasteiger partial charge in [-0.3, -0.25) is 4.79 Å². The largest absolute Gasteiger partial charge is 0.487 e. The Morgan fingerprint density at radius 3 is 2.52 bits per heavy atom. The molecule has 7 heteroatoms. The van der Waals surface area contributed by atoms with Crippen LogP contribution >= 0.6 is 0 Å². The first-order chi connectivity index (χ1) is 9.81. The number of ether oxygens (including phenoxy) is 2. The van der Waals surface area contributed by atoms with E-state index in [1.165, 1.54) is 0 Å². The zero-order valence-corrected chi connectivity index (χ0v) is 11.2. The third-order valence-electron chi connectivity index (χ3n) is 3.27. The highest BCUT2D eigenvalue weighted by atomic mass is 19.4. The van der Waals surface area contributed by atoms with Gasteiger partial charge in [0.25, 0.3) is 0 Å². The van der Waals surface area contributed by atoms with Crippen molar-refractivity contribution in [3.63, 3.8) is 0 Å². The highest BCUT2D eigenvalue weighted by Gasteiger charge is 2.38. The minimum atomic E-state index is -4.59. The summed E-state index contributed by atoms with van der Waals surface area (Å²) in [5.74, 6) is -1.92. The molecule has 3 nitrogen and oxygen atoms in total. The van der Waals surface area contributed by atoms with Gasteiger partial charge in [0.05, 0.1) is 18.1 Å². The molecule has 1 saturated carbocycles. The number of rotatable bonds is 4. The van der Waals surface area contributed by atoms with Gasteiger partial charge in [-0.2, -0.15) is 13.2 Å². The standard InChI is InChI=1S/C14H14F4O3/c1-2-20-13(19)8-5-10(6-8)21-12-4-3-9(7-11(12)15)14(16,17)18/h3-4,7-8,10H,2,5-6H2,1H3/t8-,10+. The number of halogens is 4. The number of carbonyl (C=O) groups excluding carboxylic acids is 1. The SMILES string of the molecule is CCOC(=O)[C@H]1C[C@@H](Oc2ccc(C(F)(F)F)cc2F)C1. The molecule has 0 aromatic heterocycles. The highest BCUT2D eigenvalue weighted by molar-refractivity contribution is 5.73. The van der Waals surface area contributed by atoms with Crippen molar-refractivity contribution < 1.29 is 31.8 Å². The number of benzene rings is 1. The topological polar surface area (TPSA) is 35.5 Å². The first-order valence-corrected chi connectivity index (χ1v) is 6.51. The van der Waals surface area contributed by atoms with Crippen LogP contribution in [0.15, 0.2) is 18.2 Å². The summed E-state index contributed by atoms with van der Waals surface area (Å²) < 4.78 is 60.8. The molecule has 0 atom stereocenters. The Hall–Kier alpha value is -1.79. The van der Waals surface area contributed by atoms with Gasteiger partial charge in [-0.1, -0.05) is 0 Å². The predicted molar refractivity (Wildman–Crippen MR) is 65.2 cm³/mol. The van der Waals surface area contributed by atoms with Crippen LogP contribution in [-0.2, 0) is 15.7 Å². The van der Waals surface area contributed by atoms with Crippen LogP contribution in [-0.4, -0.2) is 18.7 Å². The van der Waals surface area contributed by atoms with Crippen molar-refractivity contribution in [1.29, 1.82) is 0 Å². The van der Waals surface area contributed by atoms with Crippen LogP contribution in [0.1, 0.15) is 25.3 Å². The molecule has 0 unspecified atom stereocenters. The molecule has 0 radical (unpaired) electrons. The molecule has 0 heterocycles. The maximum absolute atomic E-state index is 13.6. The second-order valence-electron chi connectivity index (χ2n) is 4.80. The summed E-state index contributed by atoms with van der Waals surface area (Å²) in [6.45, 7) is 1.98. The smallest absolute Gasteiger partial charge is 0.416 e. The number of carbonyl (C=O) groups is 1. The minimum Gasteiger partial charge on any atom is -0.487 e. The van der Waals surface area contributed by atoms with Crippen molar-refractivity contribution in [2.24, 2.45) is 5.92 Å². The van der Waals surface area contributed by atoms with Gasteiger partial charge >= 0.3 is 12.1 Å². The monoisotopic (exact) mass is 306 g/mol. The lowest BCUT2D eigenvalue weighted by Crippen LogP contribution is -2.39. The lowest BCUT2D eigenvalue weighted by Gasteiger charge is -2.33. The second kappa shape index (κ2) is 5.91. The fourth-order valence-corrected chi connectivity index (χ4v) is 2.07. The van der Waals surface area contributed by atoms with Crippen molar-refractivity contribution >= 4 is 5.97 Å². The fourth-order valence-electron chi connectivity index (χ4n) is 2.07. The summed E-state index contributed by atoms with van der Waals surface area (Å²) in [5.41, 5.74) is -1.06. The third kappa shape index (κ3) is 3.65. The van der Waals surface area contributed by atoms with Gasteiger partial charge in [-0.05, 0) is 38.0 Å². The highest BCUT2D eigenvalue weighted by Crippen LogP contribution is 2.35. The maximum atomic E-state index is 13.6. The normalized spacial score (nSPS) is 21.6. The average molecular weight is 306 g/mol. The van der Waals surface area contributed by atoms with E-state index in [4.69, 9.17) is 9.47 Å². The molecule has 2 rings (SSSR count). The molecule has 0 bridgehead atoms. The van der Waals surface area contributed by atoms with E-state index in [2.05, 4.69) is 0 Å². The number of hydrogen-bond acceptors (Lipinski definition) is 3. The van der Waals surface area contributed by atoms with Gasteiger partial charge in [0.2, 0.25) is 0 Å². The van der Waals surface area contributed by atoms with E-state index >= 15 is 0 Å². The van der Waals surface area contributed by atoms with E-state index < -0.39 is 17.6 Å². The van der Waals surface area contributed by atoms with Gasteiger partial charge < -0.3 is 9.47 Å².